The molecular weight excluding hydrogens is 268 g/mol. The number of primary amides is 2. The smallest absolute Gasteiger partial charge is 0.248 e. The Labute approximate surface area is 122 Å². The summed E-state index contributed by atoms with van der Waals surface area (Å²) in [5.41, 5.74) is 13.0. The number of hydrogen-bond donors (Lipinski definition) is 3. The molecule has 2 amide bonds. The van der Waals surface area contributed by atoms with Crippen molar-refractivity contribution in [2.75, 3.05) is 0 Å². The fourth-order valence-corrected chi connectivity index (χ4v) is 2.14. The van der Waals surface area contributed by atoms with E-state index in [1.807, 2.05) is 0 Å². The number of rotatable bonds is 5. The predicted molar refractivity (Wildman–Crippen MR) is 79.0 cm³/mol. The van der Waals surface area contributed by atoms with Crippen molar-refractivity contribution < 1.29 is 14.7 Å². The minimum atomic E-state index is -0.545. The zero-order valence-corrected chi connectivity index (χ0v) is 11.4. The van der Waals surface area contributed by atoms with Crippen LogP contribution in [0.2, 0.25) is 0 Å². The summed E-state index contributed by atoms with van der Waals surface area (Å²) in [5, 5.41) is 9.24. The maximum Gasteiger partial charge on any atom is 0.248 e. The molecule has 0 aromatic heterocycles. The van der Waals surface area contributed by atoms with Crippen LogP contribution in [0.3, 0.4) is 0 Å². The molecular formula is C16H16N2O3. The minimum Gasteiger partial charge on any atom is -0.508 e. The predicted octanol–water partition coefficient (Wildman–Crippen LogP) is 1.38. The molecule has 0 aliphatic rings. The first-order valence-electron chi connectivity index (χ1n) is 6.48. The molecule has 0 bridgehead atoms. The Balaban J connectivity index is 2.24. The standard InChI is InChI=1S/C16H16N2O3/c17-15(20)12-5-8-14(16(18)21)11(9-12)4-1-10-2-6-13(19)7-3-10/h2-3,5-9,19H,1,4H2,(H2,17,20)(H2,18,21). The zero-order chi connectivity index (χ0) is 15.4. The third-order valence-electron chi connectivity index (χ3n) is 3.27. The van der Waals surface area contributed by atoms with Crippen LogP contribution in [0.25, 0.3) is 0 Å². The van der Waals surface area contributed by atoms with Gasteiger partial charge in [0, 0.05) is 11.1 Å². The van der Waals surface area contributed by atoms with Crippen LogP contribution in [0.1, 0.15) is 31.8 Å². The lowest BCUT2D eigenvalue weighted by molar-refractivity contribution is 0.0987. The van der Waals surface area contributed by atoms with E-state index < -0.39 is 11.8 Å². The molecule has 5 heteroatoms. The number of aryl methyl sites for hydroxylation is 2. The van der Waals surface area contributed by atoms with E-state index in [9.17, 15) is 14.7 Å². The van der Waals surface area contributed by atoms with Crippen molar-refractivity contribution >= 4 is 11.8 Å². The van der Waals surface area contributed by atoms with Crippen LogP contribution in [0.15, 0.2) is 42.5 Å². The largest absolute Gasteiger partial charge is 0.508 e. The summed E-state index contributed by atoms with van der Waals surface area (Å²) in [6.07, 6.45) is 1.20. The molecule has 0 fully saturated rings. The number of carbonyl (C=O) groups excluding carboxylic acids is 2. The van der Waals surface area contributed by atoms with Gasteiger partial charge < -0.3 is 16.6 Å². The SMILES string of the molecule is NC(=O)c1ccc(C(N)=O)c(CCc2ccc(O)cc2)c1. The Morgan fingerprint density at radius 1 is 0.905 bits per heavy atom. The number of amides is 2. The molecule has 5 nitrogen and oxygen atoms in total. The molecule has 108 valence electrons. The second-order valence-electron chi connectivity index (χ2n) is 4.77. The number of benzene rings is 2. The molecule has 2 aromatic rings. The number of aromatic hydroxyl groups is 1. The lowest BCUT2D eigenvalue weighted by atomic mass is 9.97. The van der Waals surface area contributed by atoms with E-state index >= 15 is 0 Å². The molecule has 0 atom stereocenters. The van der Waals surface area contributed by atoms with Gasteiger partial charge in [0.2, 0.25) is 11.8 Å². The van der Waals surface area contributed by atoms with E-state index in [1.165, 1.54) is 12.1 Å². The third kappa shape index (κ3) is 3.60. The first-order chi connectivity index (χ1) is 9.97. The summed E-state index contributed by atoms with van der Waals surface area (Å²) in [6, 6.07) is 11.4. The first-order valence-corrected chi connectivity index (χ1v) is 6.48. The van der Waals surface area contributed by atoms with Crippen LogP contribution in [-0.2, 0) is 12.8 Å². The quantitative estimate of drug-likeness (QED) is 0.772. The highest BCUT2D eigenvalue weighted by atomic mass is 16.3. The number of nitrogens with two attached hydrogens (primary N) is 2. The van der Waals surface area contributed by atoms with E-state index in [0.29, 0.717) is 29.5 Å². The van der Waals surface area contributed by atoms with Crippen molar-refractivity contribution in [3.8, 4) is 5.75 Å². The van der Waals surface area contributed by atoms with Gasteiger partial charge in [0.25, 0.3) is 0 Å². The first kappa shape index (κ1) is 14.6. The summed E-state index contributed by atoms with van der Waals surface area (Å²) >= 11 is 0. The second-order valence-corrected chi connectivity index (χ2v) is 4.77. The number of phenolic OH excluding ortho intramolecular Hbond substituents is 1. The van der Waals surface area contributed by atoms with E-state index in [1.54, 1.807) is 30.3 Å². The normalized spacial score (nSPS) is 10.3. The fourth-order valence-electron chi connectivity index (χ4n) is 2.14. The van der Waals surface area contributed by atoms with Crippen LogP contribution in [0, 0.1) is 0 Å². The molecule has 2 rings (SSSR count). The van der Waals surface area contributed by atoms with Gasteiger partial charge in [0.1, 0.15) is 5.75 Å². The Morgan fingerprint density at radius 2 is 1.57 bits per heavy atom. The van der Waals surface area contributed by atoms with E-state index in [4.69, 9.17) is 11.5 Å². The monoisotopic (exact) mass is 284 g/mol. The molecule has 2 aromatic carbocycles. The number of hydrogen-bond acceptors (Lipinski definition) is 3. The van der Waals surface area contributed by atoms with Gasteiger partial charge in [-0.2, -0.15) is 0 Å². The lowest BCUT2D eigenvalue weighted by Crippen LogP contribution is -2.17. The fraction of sp³-hybridized carbons (Fsp3) is 0.125. The van der Waals surface area contributed by atoms with Gasteiger partial charge in [-0.1, -0.05) is 12.1 Å². The molecule has 0 saturated heterocycles. The Hall–Kier alpha value is -2.82. The van der Waals surface area contributed by atoms with E-state index in [2.05, 4.69) is 0 Å². The van der Waals surface area contributed by atoms with Crippen LogP contribution < -0.4 is 11.5 Å². The van der Waals surface area contributed by atoms with Gasteiger partial charge >= 0.3 is 0 Å². The van der Waals surface area contributed by atoms with E-state index in [-0.39, 0.29) is 5.75 Å². The molecule has 0 heterocycles. The van der Waals surface area contributed by atoms with Gasteiger partial charge in [-0.25, -0.2) is 0 Å². The summed E-state index contributed by atoms with van der Waals surface area (Å²) in [5.74, 6) is -0.879. The summed E-state index contributed by atoms with van der Waals surface area (Å²) in [7, 11) is 0. The Kier molecular flexibility index (Phi) is 4.23. The van der Waals surface area contributed by atoms with Gasteiger partial charge in [0.15, 0.2) is 0 Å². The van der Waals surface area contributed by atoms with Crippen LogP contribution in [-0.4, -0.2) is 16.9 Å². The van der Waals surface area contributed by atoms with Crippen LogP contribution in [0.4, 0.5) is 0 Å². The zero-order valence-electron chi connectivity index (χ0n) is 11.4. The highest BCUT2D eigenvalue weighted by Gasteiger charge is 2.11. The van der Waals surface area contributed by atoms with Gasteiger partial charge in [0.05, 0.1) is 0 Å². The third-order valence-corrected chi connectivity index (χ3v) is 3.27. The molecule has 0 saturated carbocycles. The molecule has 5 N–H and O–H groups in total. The van der Waals surface area contributed by atoms with Gasteiger partial charge in [-0.3, -0.25) is 9.59 Å². The maximum atomic E-state index is 11.4. The van der Waals surface area contributed by atoms with Gasteiger partial charge in [-0.05, 0) is 54.3 Å². The lowest BCUT2D eigenvalue weighted by Gasteiger charge is -2.09. The number of carbonyl (C=O) groups is 2. The number of phenols is 1. The Bertz CT molecular complexity index is 678. The summed E-state index contributed by atoms with van der Waals surface area (Å²) in [6.45, 7) is 0. The Morgan fingerprint density at radius 3 is 2.14 bits per heavy atom. The molecule has 0 radical (unpaired) electrons. The van der Waals surface area contributed by atoms with Crippen LogP contribution in [0.5, 0.6) is 5.75 Å². The summed E-state index contributed by atoms with van der Waals surface area (Å²) in [4.78, 5) is 22.7. The molecule has 21 heavy (non-hydrogen) atoms. The minimum absolute atomic E-state index is 0.201. The van der Waals surface area contributed by atoms with Crippen molar-refractivity contribution in [3.63, 3.8) is 0 Å². The van der Waals surface area contributed by atoms with Crippen molar-refractivity contribution in [1.29, 1.82) is 0 Å². The average molecular weight is 284 g/mol. The molecule has 0 aliphatic heterocycles. The summed E-state index contributed by atoms with van der Waals surface area (Å²) < 4.78 is 0. The highest BCUT2D eigenvalue weighted by Crippen LogP contribution is 2.16. The molecule has 0 aliphatic carbocycles. The van der Waals surface area contributed by atoms with Crippen molar-refractivity contribution in [3.05, 3.63) is 64.7 Å². The van der Waals surface area contributed by atoms with Crippen molar-refractivity contribution in [2.24, 2.45) is 11.5 Å². The highest BCUT2D eigenvalue weighted by molar-refractivity contribution is 5.97. The average Bonchev–Trinajstić information content (AvgIpc) is 2.46. The molecule has 0 unspecified atom stereocenters. The van der Waals surface area contributed by atoms with E-state index in [0.717, 1.165) is 5.56 Å². The van der Waals surface area contributed by atoms with Crippen molar-refractivity contribution in [2.45, 2.75) is 12.8 Å². The molecule has 0 spiro atoms. The van der Waals surface area contributed by atoms with Crippen LogP contribution >= 0.6 is 0 Å². The van der Waals surface area contributed by atoms with Crippen molar-refractivity contribution in [1.82, 2.24) is 0 Å². The van der Waals surface area contributed by atoms with Gasteiger partial charge in [-0.15, -0.1) is 0 Å². The second kappa shape index (κ2) is 6.09. The maximum absolute atomic E-state index is 11.4. The topological polar surface area (TPSA) is 106 Å².